The Kier molecular flexibility index (Phi) is 4.39. The van der Waals surface area contributed by atoms with Gasteiger partial charge in [-0.1, -0.05) is 18.2 Å². The number of aromatic nitrogens is 1. The molecule has 0 spiro atoms. The number of anilines is 2. The Hall–Kier alpha value is -2.79. The van der Waals surface area contributed by atoms with Gasteiger partial charge in [0.2, 0.25) is 0 Å². The van der Waals surface area contributed by atoms with Gasteiger partial charge in [0, 0.05) is 53.5 Å². The molecule has 3 N–H and O–H groups in total. The second kappa shape index (κ2) is 6.84. The van der Waals surface area contributed by atoms with Crippen LogP contribution < -0.4 is 10.6 Å². The number of hydrogen-bond acceptors (Lipinski definition) is 2. The Morgan fingerprint density at radius 2 is 1.85 bits per heavy atom. The van der Waals surface area contributed by atoms with Crippen LogP contribution in [0.3, 0.4) is 0 Å². The van der Waals surface area contributed by atoms with Crippen LogP contribution in [0.5, 0.6) is 0 Å². The third-order valence-electron chi connectivity index (χ3n) is 5.02. The van der Waals surface area contributed by atoms with E-state index in [1.165, 1.54) is 16.6 Å². The molecule has 5 nitrogen and oxygen atoms in total. The van der Waals surface area contributed by atoms with E-state index in [-0.39, 0.29) is 6.03 Å². The molecule has 134 valence electrons. The molecule has 1 aromatic heterocycles. The standard InChI is InChI=1S/C21H24N4O/c1-14(2)25-11-10-20-18(13-25)17-12-16(8-9-19(17)24-20)23-21(26)22-15-6-4-3-5-7-15/h3-9,12,14,24H,10-11,13H2,1-2H3,(H2,22,23,26). The van der Waals surface area contributed by atoms with Crippen molar-refractivity contribution < 1.29 is 4.79 Å². The number of para-hydroxylation sites is 1. The molecular formula is C21H24N4O. The highest BCUT2D eigenvalue weighted by Gasteiger charge is 2.22. The molecule has 0 bridgehead atoms. The monoisotopic (exact) mass is 348 g/mol. The largest absolute Gasteiger partial charge is 0.358 e. The Balaban J connectivity index is 1.56. The third-order valence-corrected chi connectivity index (χ3v) is 5.02. The summed E-state index contributed by atoms with van der Waals surface area (Å²) < 4.78 is 0. The number of aromatic amines is 1. The van der Waals surface area contributed by atoms with E-state index in [1.54, 1.807) is 0 Å². The Labute approximate surface area is 153 Å². The predicted octanol–water partition coefficient (Wildman–Crippen LogP) is 4.58. The molecule has 0 aliphatic carbocycles. The fourth-order valence-electron chi connectivity index (χ4n) is 3.57. The molecule has 0 unspecified atom stereocenters. The summed E-state index contributed by atoms with van der Waals surface area (Å²) >= 11 is 0. The number of amides is 2. The number of rotatable bonds is 3. The van der Waals surface area contributed by atoms with E-state index in [9.17, 15) is 4.79 Å². The van der Waals surface area contributed by atoms with Crippen molar-refractivity contribution >= 4 is 28.3 Å². The van der Waals surface area contributed by atoms with Gasteiger partial charge in [-0.3, -0.25) is 4.90 Å². The number of nitrogens with one attached hydrogen (secondary N) is 3. The van der Waals surface area contributed by atoms with Gasteiger partial charge in [-0.2, -0.15) is 0 Å². The maximum absolute atomic E-state index is 12.2. The maximum Gasteiger partial charge on any atom is 0.323 e. The molecule has 26 heavy (non-hydrogen) atoms. The van der Waals surface area contributed by atoms with Gasteiger partial charge in [0.05, 0.1) is 0 Å². The van der Waals surface area contributed by atoms with Crippen LogP contribution in [0.25, 0.3) is 10.9 Å². The van der Waals surface area contributed by atoms with E-state index in [0.717, 1.165) is 36.4 Å². The Morgan fingerprint density at radius 3 is 2.62 bits per heavy atom. The van der Waals surface area contributed by atoms with Crippen LogP contribution in [0, 0.1) is 0 Å². The van der Waals surface area contributed by atoms with Gasteiger partial charge in [0.1, 0.15) is 0 Å². The van der Waals surface area contributed by atoms with Crippen LogP contribution in [0.1, 0.15) is 25.1 Å². The van der Waals surface area contributed by atoms with Gasteiger partial charge in [-0.05, 0) is 49.7 Å². The number of benzene rings is 2. The van der Waals surface area contributed by atoms with Crippen molar-refractivity contribution in [1.82, 2.24) is 9.88 Å². The summed E-state index contributed by atoms with van der Waals surface area (Å²) in [5.41, 5.74) is 5.39. The van der Waals surface area contributed by atoms with E-state index >= 15 is 0 Å². The minimum absolute atomic E-state index is 0.233. The quantitative estimate of drug-likeness (QED) is 0.649. The number of urea groups is 1. The average Bonchev–Trinajstić information content (AvgIpc) is 2.99. The fourth-order valence-corrected chi connectivity index (χ4v) is 3.57. The van der Waals surface area contributed by atoms with E-state index in [1.807, 2.05) is 42.5 Å². The summed E-state index contributed by atoms with van der Waals surface area (Å²) in [4.78, 5) is 18.3. The summed E-state index contributed by atoms with van der Waals surface area (Å²) in [6, 6.07) is 15.8. The summed E-state index contributed by atoms with van der Waals surface area (Å²) in [5.74, 6) is 0. The third kappa shape index (κ3) is 3.30. The van der Waals surface area contributed by atoms with Crippen molar-refractivity contribution in [2.45, 2.75) is 32.9 Å². The molecule has 4 rings (SSSR count). The fraction of sp³-hybridized carbons (Fsp3) is 0.286. The highest BCUT2D eigenvalue weighted by molar-refractivity contribution is 6.01. The minimum Gasteiger partial charge on any atom is -0.358 e. The predicted molar refractivity (Wildman–Crippen MR) is 107 cm³/mol. The first-order chi connectivity index (χ1) is 12.6. The molecular weight excluding hydrogens is 324 g/mol. The number of carbonyl (C=O) groups excluding carboxylic acids is 1. The van der Waals surface area contributed by atoms with Crippen molar-refractivity contribution in [2.75, 3.05) is 17.2 Å². The normalized spacial score (nSPS) is 14.4. The van der Waals surface area contributed by atoms with E-state index < -0.39 is 0 Å². The SMILES string of the molecule is CC(C)N1CCc2[nH]c3ccc(NC(=O)Nc4ccccc4)cc3c2C1. The Bertz CT molecular complexity index is 930. The lowest BCUT2D eigenvalue weighted by Gasteiger charge is -2.30. The van der Waals surface area contributed by atoms with Crippen molar-refractivity contribution in [1.29, 1.82) is 0 Å². The van der Waals surface area contributed by atoms with Crippen molar-refractivity contribution in [3.63, 3.8) is 0 Å². The number of hydrogen-bond donors (Lipinski definition) is 3. The first-order valence-corrected chi connectivity index (χ1v) is 9.11. The summed E-state index contributed by atoms with van der Waals surface area (Å²) in [6.07, 6.45) is 1.04. The lowest BCUT2D eigenvalue weighted by atomic mass is 10.0. The lowest BCUT2D eigenvalue weighted by molar-refractivity contribution is 0.203. The topological polar surface area (TPSA) is 60.2 Å². The van der Waals surface area contributed by atoms with Crippen molar-refractivity contribution in [3.05, 3.63) is 59.8 Å². The molecule has 2 heterocycles. The second-order valence-electron chi connectivity index (χ2n) is 7.10. The van der Waals surface area contributed by atoms with E-state index in [4.69, 9.17) is 0 Å². The second-order valence-corrected chi connectivity index (χ2v) is 7.10. The van der Waals surface area contributed by atoms with Gasteiger partial charge in [-0.25, -0.2) is 4.79 Å². The van der Waals surface area contributed by atoms with Crippen LogP contribution in [-0.4, -0.2) is 28.5 Å². The van der Waals surface area contributed by atoms with E-state index in [0.29, 0.717) is 6.04 Å². The lowest BCUT2D eigenvalue weighted by Crippen LogP contribution is -2.35. The molecule has 2 aromatic carbocycles. The zero-order valence-electron chi connectivity index (χ0n) is 15.2. The molecule has 5 heteroatoms. The molecule has 0 atom stereocenters. The van der Waals surface area contributed by atoms with Gasteiger partial charge >= 0.3 is 6.03 Å². The number of H-pyrrole nitrogens is 1. The molecule has 0 saturated carbocycles. The van der Waals surface area contributed by atoms with Gasteiger partial charge in [0.15, 0.2) is 0 Å². The van der Waals surface area contributed by atoms with Crippen LogP contribution in [0.2, 0.25) is 0 Å². The van der Waals surface area contributed by atoms with Crippen LogP contribution >= 0.6 is 0 Å². The molecule has 0 saturated heterocycles. The summed E-state index contributed by atoms with van der Waals surface area (Å²) in [5, 5.41) is 6.98. The summed E-state index contributed by atoms with van der Waals surface area (Å²) in [7, 11) is 0. The summed E-state index contributed by atoms with van der Waals surface area (Å²) in [6.45, 7) is 6.51. The zero-order chi connectivity index (χ0) is 18.1. The van der Waals surface area contributed by atoms with Gasteiger partial charge < -0.3 is 15.6 Å². The zero-order valence-corrected chi connectivity index (χ0v) is 15.2. The number of fused-ring (bicyclic) bond motifs is 3. The minimum atomic E-state index is -0.233. The molecule has 1 aliphatic rings. The van der Waals surface area contributed by atoms with Gasteiger partial charge in [-0.15, -0.1) is 0 Å². The van der Waals surface area contributed by atoms with Crippen LogP contribution in [-0.2, 0) is 13.0 Å². The highest BCUT2D eigenvalue weighted by atomic mass is 16.2. The average molecular weight is 348 g/mol. The molecule has 0 radical (unpaired) electrons. The first-order valence-electron chi connectivity index (χ1n) is 9.11. The number of nitrogens with zero attached hydrogens (tertiary/aromatic N) is 1. The molecule has 0 fully saturated rings. The Morgan fingerprint density at radius 1 is 1.08 bits per heavy atom. The van der Waals surface area contributed by atoms with E-state index in [2.05, 4.69) is 40.4 Å². The highest BCUT2D eigenvalue weighted by Crippen LogP contribution is 2.30. The van der Waals surface area contributed by atoms with Crippen molar-refractivity contribution in [2.24, 2.45) is 0 Å². The maximum atomic E-state index is 12.2. The molecule has 3 aromatic rings. The number of carbonyl (C=O) groups is 1. The molecule has 2 amide bonds. The smallest absolute Gasteiger partial charge is 0.323 e. The van der Waals surface area contributed by atoms with Crippen molar-refractivity contribution in [3.8, 4) is 0 Å². The van der Waals surface area contributed by atoms with Gasteiger partial charge in [0.25, 0.3) is 0 Å². The first kappa shape index (κ1) is 16.7. The molecule has 1 aliphatic heterocycles. The van der Waals surface area contributed by atoms with Crippen LogP contribution in [0.4, 0.5) is 16.2 Å². The van der Waals surface area contributed by atoms with Crippen LogP contribution in [0.15, 0.2) is 48.5 Å².